The molecule has 2 aliphatic rings. The topological polar surface area (TPSA) is 70.8 Å². The fraction of sp³-hybridized carbons (Fsp3) is 0.550. The summed E-state index contributed by atoms with van der Waals surface area (Å²) in [4.78, 5) is 4.56. The maximum Gasteiger partial charge on any atom is 0.494 e. The minimum absolute atomic E-state index is 0.342. The van der Waals surface area contributed by atoms with E-state index in [2.05, 4.69) is 53.3 Å². The number of aromatic nitrogens is 4. The second kappa shape index (κ2) is 6.24. The van der Waals surface area contributed by atoms with E-state index in [0.717, 1.165) is 54.0 Å². The zero-order valence-electron chi connectivity index (χ0n) is 16.8. The van der Waals surface area contributed by atoms with Crippen LogP contribution >= 0.6 is 0 Å². The van der Waals surface area contributed by atoms with Crippen LogP contribution in [-0.2, 0) is 14.0 Å². The van der Waals surface area contributed by atoms with Crippen LogP contribution < -0.4 is 5.46 Å². The molecule has 0 N–H and O–H groups in total. The van der Waals surface area contributed by atoms with Crippen molar-refractivity contribution in [2.45, 2.75) is 57.7 Å². The largest absolute Gasteiger partial charge is 0.494 e. The molecule has 0 spiro atoms. The third-order valence-electron chi connectivity index (χ3n) is 6.38. The lowest BCUT2D eigenvalue weighted by Gasteiger charge is -2.32. The lowest BCUT2D eigenvalue weighted by molar-refractivity contribution is 0.00578. The third-order valence-corrected chi connectivity index (χ3v) is 6.38. The molecule has 2 aliphatic heterocycles. The van der Waals surface area contributed by atoms with Crippen LogP contribution in [0.1, 0.15) is 52.3 Å². The second-order valence-electron chi connectivity index (χ2n) is 8.73. The molecule has 2 aromatic heterocycles. The highest BCUT2D eigenvalue weighted by atomic mass is 16.7. The molecule has 4 heterocycles. The fourth-order valence-corrected chi connectivity index (χ4v) is 3.94. The molecule has 0 saturated carbocycles. The molecule has 2 saturated heterocycles. The highest BCUT2D eigenvalue weighted by molar-refractivity contribution is 6.62. The molecule has 0 radical (unpaired) electrons. The Morgan fingerprint density at radius 3 is 2.46 bits per heavy atom. The first-order valence-electron chi connectivity index (χ1n) is 9.93. The molecule has 28 heavy (non-hydrogen) atoms. The van der Waals surface area contributed by atoms with E-state index in [4.69, 9.17) is 14.0 Å². The van der Waals surface area contributed by atoms with E-state index in [1.54, 1.807) is 6.20 Å². The standard InChI is InChI=1S/C20H25BN4O3/c1-19(2)20(3,4)28-21(27-19)14-5-6-15-16(11-14)25-17(12-22-15)23-24-18(25)13-7-9-26-10-8-13/h5-6,11-13H,7-10H2,1-4H3. The van der Waals surface area contributed by atoms with Crippen LogP contribution in [-0.4, -0.2) is 51.1 Å². The number of nitrogens with zero attached hydrogens (tertiary/aromatic N) is 4. The number of hydrogen-bond acceptors (Lipinski definition) is 6. The lowest BCUT2D eigenvalue weighted by atomic mass is 9.79. The first kappa shape index (κ1) is 18.0. The second-order valence-corrected chi connectivity index (χ2v) is 8.73. The van der Waals surface area contributed by atoms with E-state index >= 15 is 0 Å². The van der Waals surface area contributed by atoms with Crippen molar-refractivity contribution in [3.05, 3.63) is 30.2 Å². The molecule has 5 rings (SSSR count). The Labute approximate surface area is 164 Å². The molecular weight excluding hydrogens is 355 g/mol. The number of rotatable bonds is 2. The van der Waals surface area contributed by atoms with Gasteiger partial charge in [0.1, 0.15) is 5.82 Å². The van der Waals surface area contributed by atoms with Crippen molar-refractivity contribution in [2.75, 3.05) is 13.2 Å². The Hall–Kier alpha value is -2.03. The van der Waals surface area contributed by atoms with Crippen molar-refractivity contribution in [1.82, 2.24) is 19.6 Å². The first-order chi connectivity index (χ1) is 13.4. The Balaban J connectivity index is 1.62. The molecule has 8 heteroatoms. The minimum atomic E-state index is -0.410. The van der Waals surface area contributed by atoms with Gasteiger partial charge in [0.25, 0.3) is 0 Å². The molecule has 0 atom stereocenters. The van der Waals surface area contributed by atoms with Crippen LogP contribution in [0.5, 0.6) is 0 Å². The van der Waals surface area contributed by atoms with Crippen LogP contribution in [0.25, 0.3) is 16.7 Å². The van der Waals surface area contributed by atoms with E-state index in [-0.39, 0.29) is 11.2 Å². The van der Waals surface area contributed by atoms with E-state index < -0.39 is 7.12 Å². The van der Waals surface area contributed by atoms with Gasteiger partial charge in [-0.25, -0.2) is 0 Å². The average Bonchev–Trinajstić information content (AvgIpc) is 3.20. The van der Waals surface area contributed by atoms with Crippen molar-refractivity contribution in [1.29, 1.82) is 0 Å². The van der Waals surface area contributed by atoms with Gasteiger partial charge in [0, 0.05) is 19.1 Å². The fourth-order valence-electron chi connectivity index (χ4n) is 3.94. The average molecular weight is 380 g/mol. The Bertz CT molecular complexity index is 1030. The first-order valence-corrected chi connectivity index (χ1v) is 9.93. The SMILES string of the molecule is CC1(C)OB(c2ccc3ncc4nnc(C5CCOCC5)n4c3c2)OC1(C)C. The highest BCUT2D eigenvalue weighted by Crippen LogP contribution is 2.36. The van der Waals surface area contributed by atoms with Crippen molar-refractivity contribution >= 4 is 29.3 Å². The summed E-state index contributed by atoms with van der Waals surface area (Å²) in [7, 11) is -0.410. The Kier molecular flexibility index (Phi) is 4.02. The summed E-state index contributed by atoms with van der Waals surface area (Å²) in [5, 5.41) is 8.86. The molecule has 3 aromatic rings. The van der Waals surface area contributed by atoms with Gasteiger partial charge in [-0.3, -0.25) is 9.38 Å². The molecule has 0 bridgehead atoms. The summed E-state index contributed by atoms with van der Waals surface area (Å²) in [5.41, 5.74) is 2.88. The van der Waals surface area contributed by atoms with E-state index in [9.17, 15) is 0 Å². The highest BCUT2D eigenvalue weighted by Gasteiger charge is 2.51. The molecule has 146 valence electrons. The lowest BCUT2D eigenvalue weighted by Crippen LogP contribution is -2.41. The van der Waals surface area contributed by atoms with Crippen LogP contribution in [0.3, 0.4) is 0 Å². The van der Waals surface area contributed by atoms with Gasteiger partial charge in [-0.15, -0.1) is 10.2 Å². The molecular formula is C20H25BN4O3. The van der Waals surface area contributed by atoms with Gasteiger partial charge in [0.05, 0.1) is 28.4 Å². The predicted molar refractivity (Wildman–Crippen MR) is 107 cm³/mol. The maximum atomic E-state index is 6.24. The quantitative estimate of drug-likeness (QED) is 0.637. The molecule has 7 nitrogen and oxygen atoms in total. The summed E-state index contributed by atoms with van der Waals surface area (Å²) >= 11 is 0. The molecule has 0 unspecified atom stereocenters. The number of benzene rings is 1. The summed E-state index contributed by atoms with van der Waals surface area (Å²) in [6, 6.07) is 6.15. The van der Waals surface area contributed by atoms with Crippen LogP contribution in [0.15, 0.2) is 24.4 Å². The third kappa shape index (κ3) is 2.74. The van der Waals surface area contributed by atoms with Gasteiger partial charge in [0.15, 0.2) is 5.65 Å². The summed E-state index contributed by atoms with van der Waals surface area (Å²) < 4.78 is 20.1. The molecule has 0 amide bonds. The van der Waals surface area contributed by atoms with Gasteiger partial charge in [-0.1, -0.05) is 6.07 Å². The zero-order chi connectivity index (χ0) is 19.5. The van der Waals surface area contributed by atoms with Crippen LogP contribution in [0, 0.1) is 0 Å². The Morgan fingerprint density at radius 1 is 1.04 bits per heavy atom. The van der Waals surface area contributed by atoms with E-state index in [1.807, 2.05) is 12.1 Å². The summed E-state index contributed by atoms with van der Waals surface area (Å²) in [5.74, 6) is 1.33. The van der Waals surface area contributed by atoms with E-state index in [0.29, 0.717) is 5.92 Å². The van der Waals surface area contributed by atoms with E-state index in [1.165, 1.54) is 0 Å². The van der Waals surface area contributed by atoms with Gasteiger partial charge in [0.2, 0.25) is 0 Å². The van der Waals surface area contributed by atoms with Gasteiger partial charge in [-0.2, -0.15) is 0 Å². The van der Waals surface area contributed by atoms with Crippen molar-refractivity contribution in [3.8, 4) is 0 Å². The molecule has 1 aromatic carbocycles. The number of ether oxygens (including phenoxy) is 1. The smallest absolute Gasteiger partial charge is 0.399 e. The van der Waals surface area contributed by atoms with Crippen molar-refractivity contribution in [2.24, 2.45) is 0 Å². The van der Waals surface area contributed by atoms with Gasteiger partial charge in [-0.05, 0) is 58.1 Å². The van der Waals surface area contributed by atoms with Crippen molar-refractivity contribution in [3.63, 3.8) is 0 Å². The number of hydrogen-bond donors (Lipinski definition) is 0. The zero-order valence-corrected chi connectivity index (χ0v) is 16.8. The van der Waals surface area contributed by atoms with Crippen LogP contribution in [0.4, 0.5) is 0 Å². The van der Waals surface area contributed by atoms with Crippen LogP contribution in [0.2, 0.25) is 0 Å². The maximum absolute atomic E-state index is 6.24. The minimum Gasteiger partial charge on any atom is -0.399 e. The normalized spacial score (nSPS) is 22.4. The molecule has 2 fully saturated rings. The molecule has 0 aliphatic carbocycles. The van der Waals surface area contributed by atoms with Gasteiger partial charge >= 0.3 is 7.12 Å². The predicted octanol–water partition coefficient (Wildman–Crippen LogP) is 2.47. The number of fused-ring (bicyclic) bond motifs is 3. The van der Waals surface area contributed by atoms with Gasteiger partial charge < -0.3 is 14.0 Å². The summed E-state index contributed by atoms with van der Waals surface area (Å²) in [6.07, 6.45) is 3.70. The Morgan fingerprint density at radius 2 is 1.75 bits per heavy atom. The van der Waals surface area contributed by atoms with Crippen molar-refractivity contribution < 1.29 is 14.0 Å². The monoisotopic (exact) mass is 380 g/mol. The summed E-state index contributed by atoms with van der Waals surface area (Å²) in [6.45, 7) is 9.80.